The Morgan fingerprint density at radius 2 is 2.15 bits per heavy atom. The van der Waals surface area contributed by atoms with Gasteiger partial charge in [0.05, 0.1) is 4.92 Å². The van der Waals surface area contributed by atoms with Crippen molar-refractivity contribution in [1.29, 1.82) is 0 Å². The Hall–Kier alpha value is -1.95. The molecule has 1 heterocycles. The van der Waals surface area contributed by atoms with Gasteiger partial charge in [0.25, 0.3) is 0 Å². The van der Waals surface area contributed by atoms with Crippen LogP contribution >= 0.6 is 15.9 Å². The maximum Gasteiger partial charge on any atom is 0.311 e. The summed E-state index contributed by atoms with van der Waals surface area (Å²) in [5.41, 5.74) is 1.64. The second-order valence-corrected chi connectivity index (χ2v) is 5.21. The molecule has 0 aliphatic heterocycles. The summed E-state index contributed by atoms with van der Waals surface area (Å²) in [4.78, 5) is 14.8. The van der Waals surface area contributed by atoms with E-state index in [9.17, 15) is 10.1 Å². The van der Waals surface area contributed by atoms with Crippen molar-refractivity contribution in [3.63, 3.8) is 0 Å². The summed E-state index contributed by atoms with van der Waals surface area (Å²) in [5.74, 6) is 0.561. The molecular formula is C14H13BrN2O3. The summed E-state index contributed by atoms with van der Waals surface area (Å²) < 4.78 is 6.41. The highest BCUT2D eigenvalue weighted by Crippen LogP contribution is 2.33. The molecule has 104 valence electrons. The normalized spacial score (nSPS) is 10.3. The van der Waals surface area contributed by atoms with Gasteiger partial charge < -0.3 is 4.74 Å². The van der Waals surface area contributed by atoms with Crippen LogP contribution in [0.15, 0.2) is 34.9 Å². The highest BCUT2D eigenvalue weighted by Gasteiger charge is 2.17. The van der Waals surface area contributed by atoms with Crippen LogP contribution < -0.4 is 4.74 Å². The van der Waals surface area contributed by atoms with Gasteiger partial charge >= 0.3 is 5.69 Å². The number of halogens is 1. The molecule has 0 radical (unpaired) electrons. The molecule has 0 amide bonds. The van der Waals surface area contributed by atoms with Crippen LogP contribution in [0.5, 0.6) is 11.6 Å². The third kappa shape index (κ3) is 3.14. The average molecular weight is 337 g/mol. The molecular weight excluding hydrogens is 324 g/mol. The van der Waals surface area contributed by atoms with Crippen molar-refractivity contribution >= 4 is 21.6 Å². The number of benzene rings is 1. The molecule has 0 aliphatic rings. The van der Waals surface area contributed by atoms with Gasteiger partial charge in [0, 0.05) is 22.3 Å². The lowest BCUT2D eigenvalue weighted by atomic mass is 10.1. The zero-order valence-electron chi connectivity index (χ0n) is 11.1. The Morgan fingerprint density at radius 3 is 2.75 bits per heavy atom. The third-order valence-electron chi connectivity index (χ3n) is 2.83. The third-order valence-corrected chi connectivity index (χ3v) is 3.27. The van der Waals surface area contributed by atoms with Crippen LogP contribution in [0.2, 0.25) is 0 Å². The molecule has 20 heavy (non-hydrogen) atoms. The molecule has 0 bridgehead atoms. The number of aromatic nitrogens is 1. The monoisotopic (exact) mass is 336 g/mol. The number of rotatable bonds is 4. The van der Waals surface area contributed by atoms with Crippen molar-refractivity contribution in [2.75, 3.05) is 0 Å². The summed E-state index contributed by atoms with van der Waals surface area (Å²) >= 11 is 3.31. The Labute approximate surface area is 124 Å². The lowest BCUT2D eigenvalue weighted by Crippen LogP contribution is -1.97. The van der Waals surface area contributed by atoms with Crippen LogP contribution in [0.1, 0.15) is 18.1 Å². The van der Waals surface area contributed by atoms with E-state index in [1.54, 1.807) is 12.3 Å². The van der Waals surface area contributed by atoms with E-state index < -0.39 is 4.92 Å². The Balaban J connectivity index is 2.40. The highest BCUT2D eigenvalue weighted by molar-refractivity contribution is 9.10. The smallest absolute Gasteiger partial charge is 0.311 e. The predicted molar refractivity (Wildman–Crippen MR) is 79.2 cm³/mol. The molecule has 0 saturated heterocycles. The molecule has 0 aliphatic carbocycles. The standard InChI is InChI=1S/C14H13BrN2O3/c1-3-10-4-5-13(12(7-10)17(18)19)20-14-9(2)6-11(15)8-16-14/h4-8H,3H2,1-2H3. The highest BCUT2D eigenvalue weighted by atomic mass is 79.9. The first-order valence-electron chi connectivity index (χ1n) is 6.08. The molecule has 1 aromatic carbocycles. The first kappa shape index (κ1) is 14.5. The molecule has 2 aromatic rings. The van der Waals surface area contributed by atoms with Gasteiger partial charge in [0.2, 0.25) is 11.6 Å². The first-order chi connectivity index (χ1) is 9.51. The molecule has 5 nitrogen and oxygen atoms in total. The Bertz CT molecular complexity index is 659. The fourth-order valence-corrected chi connectivity index (χ4v) is 2.20. The summed E-state index contributed by atoms with van der Waals surface area (Å²) in [6.45, 7) is 3.78. The van der Waals surface area contributed by atoms with Crippen LogP contribution in [0.25, 0.3) is 0 Å². The number of aryl methyl sites for hydroxylation is 2. The van der Waals surface area contributed by atoms with Crippen LogP contribution in [-0.2, 0) is 6.42 Å². The van der Waals surface area contributed by atoms with Crippen LogP contribution in [0.3, 0.4) is 0 Å². The van der Waals surface area contributed by atoms with Crippen molar-refractivity contribution in [3.8, 4) is 11.6 Å². The minimum atomic E-state index is -0.442. The molecule has 0 saturated carbocycles. The molecule has 0 atom stereocenters. The van der Waals surface area contributed by atoms with Gasteiger partial charge in [0.15, 0.2) is 0 Å². The van der Waals surface area contributed by atoms with Crippen LogP contribution in [0.4, 0.5) is 5.69 Å². The maximum atomic E-state index is 11.1. The minimum absolute atomic E-state index is 0.0477. The lowest BCUT2D eigenvalue weighted by molar-refractivity contribution is -0.385. The lowest BCUT2D eigenvalue weighted by Gasteiger charge is -2.09. The van der Waals surface area contributed by atoms with Crippen molar-refractivity contribution in [1.82, 2.24) is 4.98 Å². The number of hydrogen-bond donors (Lipinski definition) is 0. The molecule has 1 aromatic heterocycles. The Morgan fingerprint density at radius 1 is 1.40 bits per heavy atom. The summed E-state index contributed by atoms with van der Waals surface area (Å²) in [6, 6.07) is 6.80. The topological polar surface area (TPSA) is 65.3 Å². The fourth-order valence-electron chi connectivity index (χ4n) is 1.75. The zero-order chi connectivity index (χ0) is 14.7. The van der Waals surface area contributed by atoms with E-state index in [-0.39, 0.29) is 11.4 Å². The molecule has 0 fully saturated rings. The van der Waals surface area contributed by atoms with E-state index in [2.05, 4.69) is 20.9 Å². The number of nitrogens with zero attached hydrogens (tertiary/aromatic N) is 2. The summed E-state index contributed by atoms with van der Waals surface area (Å²) in [5, 5.41) is 11.1. The van der Waals surface area contributed by atoms with Gasteiger partial charge in [-0.25, -0.2) is 4.98 Å². The molecule has 6 heteroatoms. The summed E-state index contributed by atoms with van der Waals surface area (Å²) in [6.07, 6.45) is 2.32. The predicted octanol–water partition coefficient (Wildman–Crippen LogP) is 4.42. The SMILES string of the molecule is CCc1ccc(Oc2ncc(Br)cc2C)c([N+](=O)[O-])c1. The minimum Gasteiger partial charge on any atom is -0.432 e. The molecule has 0 unspecified atom stereocenters. The number of pyridine rings is 1. The van der Waals surface area contributed by atoms with E-state index in [1.165, 1.54) is 6.07 Å². The van der Waals surface area contributed by atoms with Crippen molar-refractivity contribution in [2.45, 2.75) is 20.3 Å². The molecule has 2 rings (SSSR count). The second kappa shape index (κ2) is 6.00. The fraction of sp³-hybridized carbons (Fsp3) is 0.214. The number of nitro benzene ring substituents is 1. The van der Waals surface area contributed by atoms with E-state index in [1.807, 2.05) is 26.0 Å². The van der Waals surface area contributed by atoms with Gasteiger partial charge in [-0.3, -0.25) is 10.1 Å². The van der Waals surface area contributed by atoms with Crippen molar-refractivity contribution in [3.05, 3.63) is 56.2 Å². The number of hydrogen-bond acceptors (Lipinski definition) is 4. The second-order valence-electron chi connectivity index (χ2n) is 4.29. The van der Waals surface area contributed by atoms with Crippen molar-refractivity contribution < 1.29 is 9.66 Å². The Kier molecular flexibility index (Phi) is 4.34. The van der Waals surface area contributed by atoms with Gasteiger partial charge in [0.1, 0.15) is 0 Å². The molecule has 0 spiro atoms. The van der Waals surface area contributed by atoms with Crippen LogP contribution in [-0.4, -0.2) is 9.91 Å². The van der Waals surface area contributed by atoms with Gasteiger partial charge in [-0.05, 0) is 47.0 Å². The van der Waals surface area contributed by atoms with E-state index in [0.29, 0.717) is 5.88 Å². The molecule has 0 N–H and O–H groups in total. The zero-order valence-corrected chi connectivity index (χ0v) is 12.7. The first-order valence-corrected chi connectivity index (χ1v) is 6.88. The van der Waals surface area contributed by atoms with E-state index in [0.717, 1.165) is 22.0 Å². The average Bonchev–Trinajstić information content (AvgIpc) is 2.42. The van der Waals surface area contributed by atoms with E-state index in [4.69, 9.17) is 4.74 Å². The van der Waals surface area contributed by atoms with Gasteiger partial charge in [-0.15, -0.1) is 0 Å². The van der Waals surface area contributed by atoms with Crippen molar-refractivity contribution in [2.24, 2.45) is 0 Å². The summed E-state index contributed by atoms with van der Waals surface area (Å²) in [7, 11) is 0. The van der Waals surface area contributed by atoms with Gasteiger partial charge in [-0.1, -0.05) is 13.0 Å². The maximum absolute atomic E-state index is 11.1. The number of ether oxygens (including phenoxy) is 1. The number of nitro groups is 1. The van der Waals surface area contributed by atoms with E-state index >= 15 is 0 Å². The quantitative estimate of drug-likeness (QED) is 0.612. The largest absolute Gasteiger partial charge is 0.432 e. The van der Waals surface area contributed by atoms with Gasteiger partial charge in [-0.2, -0.15) is 0 Å². The van der Waals surface area contributed by atoms with Crippen LogP contribution in [0, 0.1) is 17.0 Å².